The van der Waals surface area contributed by atoms with E-state index in [0.717, 1.165) is 22.5 Å². The van der Waals surface area contributed by atoms with Gasteiger partial charge in [0.2, 0.25) is 0 Å². The second kappa shape index (κ2) is 5.83. The van der Waals surface area contributed by atoms with Crippen LogP contribution in [0.4, 0.5) is 11.5 Å². The molecule has 2 heterocycles. The van der Waals surface area contributed by atoms with Crippen LogP contribution in [0, 0.1) is 13.8 Å². The van der Waals surface area contributed by atoms with Crippen LogP contribution < -0.4 is 0 Å². The number of fused-ring (bicyclic) bond motifs is 1. The van der Waals surface area contributed by atoms with Crippen molar-refractivity contribution < 1.29 is 5.11 Å². The Morgan fingerprint density at radius 2 is 1.78 bits per heavy atom. The van der Waals surface area contributed by atoms with Crippen LogP contribution in [-0.4, -0.2) is 14.5 Å². The monoisotopic (exact) mass is 308 g/mol. The van der Waals surface area contributed by atoms with Gasteiger partial charge < -0.3 is 5.11 Å². The zero-order chi connectivity index (χ0) is 16.6. The number of aryl methyl sites for hydroxylation is 2. The first-order valence-corrected chi connectivity index (χ1v) is 7.65. The molecule has 0 aliphatic heterocycles. The third-order valence-corrected chi connectivity index (χ3v) is 3.70. The minimum Gasteiger partial charge on any atom is -0.506 e. The number of phenols is 1. The van der Waals surface area contributed by atoms with E-state index in [2.05, 4.69) is 29.1 Å². The molecule has 0 amide bonds. The molecule has 0 radical (unpaired) electrons. The number of aromatic nitrogens is 2. The third-order valence-electron chi connectivity index (χ3n) is 3.70. The van der Waals surface area contributed by atoms with Crippen LogP contribution in [0.1, 0.15) is 36.6 Å². The number of phenolic OH excluding ortho intramolecular Hbond substituents is 1. The van der Waals surface area contributed by atoms with E-state index < -0.39 is 0 Å². The lowest BCUT2D eigenvalue weighted by Gasteiger charge is -2.03. The zero-order valence-electron chi connectivity index (χ0n) is 13.8. The van der Waals surface area contributed by atoms with Gasteiger partial charge in [-0.1, -0.05) is 26.0 Å². The molecule has 118 valence electrons. The van der Waals surface area contributed by atoms with Crippen LogP contribution in [0.5, 0.6) is 5.75 Å². The summed E-state index contributed by atoms with van der Waals surface area (Å²) in [5.41, 5.74) is 4.35. The summed E-state index contributed by atoms with van der Waals surface area (Å²) in [6.45, 7) is 8.15. The molecule has 0 saturated carbocycles. The summed E-state index contributed by atoms with van der Waals surface area (Å²) in [5, 5.41) is 18.6. The van der Waals surface area contributed by atoms with Crippen molar-refractivity contribution in [2.45, 2.75) is 33.6 Å². The van der Waals surface area contributed by atoms with E-state index in [4.69, 9.17) is 0 Å². The Morgan fingerprint density at radius 1 is 1.04 bits per heavy atom. The minimum atomic E-state index is 0.121. The summed E-state index contributed by atoms with van der Waals surface area (Å²) >= 11 is 0. The number of imidazole rings is 1. The molecule has 5 nitrogen and oxygen atoms in total. The summed E-state index contributed by atoms with van der Waals surface area (Å²) in [5.74, 6) is 1.06. The number of hydrogen-bond acceptors (Lipinski definition) is 4. The molecule has 2 aromatic heterocycles. The fraction of sp³-hybridized carbons (Fsp3) is 0.278. The van der Waals surface area contributed by atoms with Gasteiger partial charge in [-0.2, -0.15) is 0 Å². The van der Waals surface area contributed by atoms with Gasteiger partial charge in [0.05, 0.1) is 5.69 Å². The second-order valence-electron chi connectivity index (χ2n) is 6.10. The number of pyridine rings is 1. The van der Waals surface area contributed by atoms with Crippen molar-refractivity contribution in [1.29, 1.82) is 0 Å². The number of rotatable bonds is 3. The standard InChI is InChI=1S/C18H20N4O/c1-11(2)17-18(22-10-13(4)6-8-16(22)19-17)21-20-14-9-12(3)5-7-15(14)23/h5-11,23H,1-4H3. The van der Waals surface area contributed by atoms with Gasteiger partial charge in [0, 0.05) is 6.20 Å². The molecule has 5 heteroatoms. The van der Waals surface area contributed by atoms with Gasteiger partial charge >= 0.3 is 0 Å². The molecule has 0 fully saturated rings. The molecule has 0 aliphatic carbocycles. The van der Waals surface area contributed by atoms with E-state index in [1.165, 1.54) is 0 Å². The Labute approximate surface area is 135 Å². The highest BCUT2D eigenvalue weighted by atomic mass is 16.3. The first-order valence-electron chi connectivity index (χ1n) is 7.65. The van der Waals surface area contributed by atoms with Crippen molar-refractivity contribution in [3.05, 3.63) is 53.3 Å². The Balaban J connectivity index is 2.14. The molecule has 3 rings (SSSR count). The van der Waals surface area contributed by atoms with Gasteiger partial charge in [-0.25, -0.2) is 4.98 Å². The Bertz CT molecular complexity index is 893. The van der Waals surface area contributed by atoms with Gasteiger partial charge in [-0.15, -0.1) is 10.2 Å². The van der Waals surface area contributed by atoms with Crippen LogP contribution in [0.3, 0.4) is 0 Å². The summed E-state index contributed by atoms with van der Waals surface area (Å²) in [7, 11) is 0. The van der Waals surface area contributed by atoms with E-state index in [0.29, 0.717) is 11.5 Å². The van der Waals surface area contributed by atoms with Gasteiger partial charge in [-0.3, -0.25) is 4.40 Å². The normalized spacial score (nSPS) is 11.9. The molecule has 0 atom stereocenters. The topological polar surface area (TPSA) is 62.2 Å². The first kappa shape index (κ1) is 15.2. The molecule has 1 aromatic carbocycles. The molecule has 0 saturated heterocycles. The predicted molar refractivity (Wildman–Crippen MR) is 91.0 cm³/mol. The Kier molecular flexibility index (Phi) is 3.86. The fourth-order valence-corrected chi connectivity index (χ4v) is 2.46. The first-order chi connectivity index (χ1) is 11.0. The molecular formula is C18H20N4O. The lowest BCUT2D eigenvalue weighted by molar-refractivity contribution is 0.476. The van der Waals surface area contributed by atoms with E-state index in [1.807, 2.05) is 48.7 Å². The molecule has 0 bridgehead atoms. The van der Waals surface area contributed by atoms with Crippen molar-refractivity contribution in [1.82, 2.24) is 9.38 Å². The van der Waals surface area contributed by atoms with Crippen molar-refractivity contribution in [2.24, 2.45) is 10.2 Å². The number of hydrogen-bond donors (Lipinski definition) is 1. The lowest BCUT2D eigenvalue weighted by atomic mass is 10.1. The summed E-state index contributed by atoms with van der Waals surface area (Å²) in [4.78, 5) is 4.65. The third kappa shape index (κ3) is 2.95. The maximum Gasteiger partial charge on any atom is 0.183 e. The van der Waals surface area contributed by atoms with E-state index in [9.17, 15) is 5.11 Å². The van der Waals surface area contributed by atoms with Crippen LogP contribution in [0.2, 0.25) is 0 Å². The van der Waals surface area contributed by atoms with Crippen molar-refractivity contribution in [2.75, 3.05) is 0 Å². The van der Waals surface area contributed by atoms with E-state index in [-0.39, 0.29) is 11.7 Å². The highest BCUT2D eigenvalue weighted by molar-refractivity contribution is 5.55. The van der Waals surface area contributed by atoms with Gasteiger partial charge in [-0.05, 0) is 49.1 Å². The fourth-order valence-electron chi connectivity index (χ4n) is 2.46. The molecule has 1 N–H and O–H groups in total. The smallest absolute Gasteiger partial charge is 0.183 e. The molecule has 0 spiro atoms. The van der Waals surface area contributed by atoms with Crippen molar-refractivity contribution >= 4 is 17.2 Å². The van der Waals surface area contributed by atoms with Crippen LogP contribution in [0.25, 0.3) is 5.65 Å². The van der Waals surface area contributed by atoms with Crippen molar-refractivity contribution in [3.63, 3.8) is 0 Å². The average Bonchev–Trinajstić information content (AvgIpc) is 2.86. The van der Waals surface area contributed by atoms with E-state index >= 15 is 0 Å². The largest absolute Gasteiger partial charge is 0.506 e. The molecule has 3 aromatic rings. The molecule has 0 aliphatic rings. The van der Waals surface area contributed by atoms with Crippen LogP contribution in [-0.2, 0) is 0 Å². The zero-order valence-corrected chi connectivity index (χ0v) is 13.8. The predicted octanol–water partition coefficient (Wildman–Crippen LogP) is 5.20. The average molecular weight is 308 g/mol. The molecule has 23 heavy (non-hydrogen) atoms. The number of benzene rings is 1. The number of nitrogens with zero attached hydrogens (tertiary/aromatic N) is 4. The molecular weight excluding hydrogens is 288 g/mol. The maximum absolute atomic E-state index is 9.92. The Hall–Kier alpha value is -2.69. The number of azo groups is 1. The maximum atomic E-state index is 9.92. The summed E-state index contributed by atoms with van der Waals surface area (Å²) in [6.07, 6.45) is 2.00. The van der Waals surface area contributed by atoms with Gasteiger partial charge in [0.1, 0.15) is 17.1 Å². The Morgan fingerprint density at radius 3 is 2.52 bits per heavy atom. The van der Waals surface area contributed by atoms with Crippen LogP contribution >= 0.6 is 0 Å². The minimum absolute atomic E-state index is 0.121. The van der Waals surface area contributed by atoms with Gasteiger partial charge in [0.25, 0.3) is 0 Å². The summed E-state index contributed by atoms with van der Waals surface area (Å²) in [6, 6.07) is 9.28. The lowest BCUT2D eigenvalue weighted by Crippen LogP contribution is -1.88. The van der Waals surface area contributed by atoms with Crippen LogP contribution in [0.15, 0.2) is 46.8 Å². The van der Waals surface area contributed by atoms with Gasteiger partial charge in [0.15, 0.2) is 5.82 Å². The quantitative estimate of drug-likeness (QED) is 0.676. The summed E-state index contributed by atoms with van der Waals surface area (Å²) < 4.78 is 1.95. The SMILES string of the molecule is Cc1ccc(O)c(N=Nc2c(C(C)C)nc3ccc(C)cn23)c1. The van der Waals surface area contributed by atoms with Crippen molar-refractivity contribution in [3.8, 4) is 5.75 Å². The highest BCUT2D eigenvalue weighted by Gasteiger charge is 2.15. The molecule has 0 unspecified atom stereocenters. The number of aromatic hydroxyl groups is 1. The van der Waals surface area contributed by atoms with E-state index in [1.54, 1.807) is 6.07 Å². The highest BCUT2D eigenvalue weighted by Crippen LogP contribution is 2.32. The second-order valence-corrected chi connectivity index (χ2v) is 6.10.